The van der Waals surface area contributed by atoms with Gasteiger partial charge >= 0.3 is 0 Å². The van der Waals surface area contributed by atoms with Crippen molar-refractivity contribution in [3.05, 3.63) is 23.7 Å². The summed E-state index contributed by atoms with van der Waals surface area (Å²) >= 11 is 6.02. The molecular weight excluding hydrogens is 186 g/mol. The number of nitrogens with zero attached hydrogens (tertiary/aromatic N) is 3. The van der Waals surface area contributed by atoms with E-state index in [1.807, 2.05) is 19.9 Å². The second-order valence-corrected chi connectivity index (χ2v) is 3.30. The van der Waals surface area contributed by atoms with Crippen molar-refractivity contribution in [2.45, 2.75) is 20.3 Å². The highest BCUT2D eigenvalue weighted by molar-refractivity contribution is 6.18. The largest absolute Gasteiger partial charge is 0.236 e. The van der Waals surface area contributed by atoms with Gasteiger partial charge < -0.3 is 0 Å². The van der Waals surface area contributed by atoms with Gasteiger partial charge in [-0.2, -0.15) is 0 Å². The first kappa shape index (κ1) is 8.51. The molecule has 0 saturated carbocycles. The lowest BCUT2D eigenvalue weighted by atomic mass is 10.3. The molecule has 0 radical (unpaired) electrons. The van der Waals surface area contributed by atoms with Crippen molar-refractivity contribution in [3.63, 3.8) is 0 Å². The highest BCUT2D eigenvalue weighted by Crippen LogP contribution is 2.18. The minimum Gasteiger partial charge on any atom is -0.236 e. The molecule has 0 aliphatic rings. The summed E-state index contributed by atoms with van der Waals surface area (Å²) in [5.74, 6) is 0.860. The molecule has 0 saturated heterocycles. The molecule has 0 amide bonds. The van der Waals surface area contributed by atoms with Crippen LogP contribution < -0.4 is 0 Å². The summed E-state index contributed by atoms with van der Waals surface area (Å²) in [6.07, 6.45) is 2.57. The van der Waals surface area contributed by atoms with Crippen LogP contribution in [-0.2, 0) is 6.42 Å². The topological polar surface area (TPSA) is 30.7 Å². The number of imidazole rings is 1. The van der Waals surface area contributed by atoms with E-state index in [-0.39, 0.29) is 0 Å². The molecule has 0 bridgehead atoms. The van der Waals surface area contributed by atoms with Crippen LogP contribution in [0.1, 0.15) is 18.3 Å². The first-order chi connectivity index (χ1) is 6.24. The Morgan fingerprint density at radius 2 is 2.31 bits per heavy atom. The van der Waals surface area contributed by atoms with Crippen LogP contribution in [0.4, 0.5) is 0 Å². The molecule has 0 fully saturated rings. The molecule has 4 heteroatoms. The van der Waals surface area contributed by atoms with Gasteiger partial charge in [-0.1, -0.05) is 6.92 Å². The normalized spacial score (nSPS) is 11.0. The third-order valence-electron chi connectivity index (χ3n) is 2.08. The van der Waals surface area contributed by atoms with E-state index >= 15 is 0 Å². The van der Waals surface area contributed by atoms with Crippen molar-refractivity contribution in [1.29, 1.82) is 0 Å². The van der Waals surface area contributed by atoms with Crippen molar-refractivity contribution in [2.24, 2.45) is 0 Å². The van der Waals surface area contributed by atoms with Crippen molar-refractivity contribution in [1.82, 2.24) is 14.1 Å². The van der Waals surface area contributed by atoms with Crippen LogP contribution in [0, 0.1) is 6.92 Å². The molecule has 2 heterocycles. The van der Waals surface area contributed by atoms with E-state index in [1.54, 1.807) is 6.20 Å². The number of fused-ring (bicyclic) bond motifs is 1. The van der Waals surface area contributed by atoms with Gasteiger partial charge in [-0.3, -0.25) is 0 Å². The Balaban J connectivity index is 2.83. The molecule has 0 spiro atoms. The van der Waals surface area contributed by atoms with Gasteiger partial charge in [-0.15, -0.1) is 0 Å². The Kier molecular flexibility index (Phi) is 1.96. The number of rotatable bonds is 1. The van der Waals surface area contributed by atoms with Crippen LogP contribution in [0.15, 0.2) is 12.3 Å². The van der Waals surface area contributed by atoms with Gasteiger partial charge in [0.2, 0.25) is 0 Å². The van der Waals surface area contributed by atoms with Crippen LogP contribution in [0.3, 0.4) is 0 Å². The van der Waals surface area contributed by atoms with E-state index < -0.39 is 0 Å². The van der Waals surface area contributed by atoms with Crippen molar-refractivity contribution < 1.29 is 0 Å². The second kappa shape index (κ2) is 3.00. The highest BCUT2D eigenvalue weighted by atomic mass is 35.5. The van der Waals surface area contributed by atoms with Crippen LogP contribution in [0.2, 0.25) is 0 Å². The zero-order valence-corrected chi connectivity index (χ0v) is 8.34. The standard InChI is InChI=1S/C9H10ClN3/c1-3-7-12-8-6(2)4-5-11-9(8)13(7)10/h4-5H,3H2,1-2H3. The maximum atomic E-state index is 6.02. The molecule has 0 N–H and O–H groups in total. The lowest BCUT2D eigenvalue weighted by Gasteiger charge is -1.93. The van der Waals surface area contributed by atoms with E-state index in [0.717, 1.165) is 29.0 Å². The Labute approximate surface area is 81.5 Å². The van der Waals surface area contributed by atoms with E-state index in [4.69, 9.17) is 11.8 Å². The summed E-state index contributed by atoms with van der Waals surface area (Å²) in [6, 6.07) is 1.94. The Hall–Kier alpha value is -1.09. The fourth-order valence-electron chi connectivity index (χ4n) is 1.33. The molecular formula is C9H10ClN3. The molecule has 2 aromatic heterocycles. The molecule has 0 aliphatic heterocycles. The van der Waals surface area contributed by atoms with Crippen molar-refractivity contribution >= 4 is 22.9 Å². The average molecular weight is 196 g/mol. The summed E-state index contributed by atoms with van der Waals surface area (Å²) in [4.78, 5) is 8.58. The maximum Gasteiger partial charge on any atom is 0.175 e. The Morgan fingerprint density at radius 3 is 2.92 bits per heavy atom. The SMILES string of the molecule is CCc1nc2c(C)ccnc2n1Cl. The number of pyridine rings is 1. The molecule has 3 nitrogen and oxygen atoms in total. The number of halogens is 1. The van der Waals surface area contributed by atoms with Gasteiger partial charge in [-0.05, 0) is 18.6 Å². The molecule has 0 aromatic carbocycles. The van der Waals surface area contributed by atoms with Crippen molar-refractivity contribution in [2.75, 3.05) is 0 Å². The van der Waals surface area contributed by atoms with Gasteiger partial charge in [0.05, 0.1) is 0 Å². The first-order valence-electron chi connectivity index (χ1n) is 4.23. The molecule has 0 atom stereocenters. The smallest absolute Gasteiger partial charge is 0.175 e. The molecule has 13 heavy (non-hydrogen) atoms. The van der Waals surface area contributed by atoms with Crippen LogP contribution in [0.5, 0.6) is 0 Å². The second-order valence-electron chi connectivity index (χ2n) is 2.96. The number of aryl methyl sites for hydroxylation is 2. The van der Waals surface area contributed by atoms with E-state index in [2.05, 4.69) is 9.97 Å². The highest BCUT2D eigenvalue weighted by Gasteiger charge is 2.09. The quantitative estimate of drug-likeness (QED) is 0.699. The van der Waals surface area contributed by atoms with Crippen molar-refractivity contribution in [3.8, 4) is 0 Å². The zero-order valence-electron chi connectivity index (χ0n) is 7.58. The van der Waals surface area contributed by atoms with Crippen LogP contribution >= 0.6 is 11.8 Å². The first-order valence-corrected chi connectivity index (χ1v) is 4.57. The summed E-state index contributed by atoms with van der Waals surface area (Å²) in [7, 11) is 0. The number of aromatic nitrogens is 3. The molecule has 0 unspecified atom stereocenters. The van der Waals surface area contributed by atoms with Crippen LogP contribution in [0.25, 0.3) is 11.2 Å². The van der Waals surface area contributed by atoms with E-state index in [1.165, 1.54) is 4.09 Å². The van der Waals surface area contributed by atoms with Crippen LogP contribution in [-0.4, -0.2) is 14.1 Å². The van der Waals surface area contributed by atoms with Gasteiger partial charge in [0.1, 0.15) is 11.3 Å². The zero-order chi connectivity index (χ0) is 9.42. The molecule has 2 aromatic rings. The number of hydrogen-bond acceptors (Lipinski definition) is 2. The summed E-state index contributed by atoms with van der Waals surface area (Å²) in [6.45, 7) is 4.03. The van der Waals surface area contributed by atoms with Gasteiger partial charge in [0, 0.05) is 24.4 Å². The lowest BCUT2D eigenvalue weighted by Crippen LogP contribution is -1.89. The summed E-state index contributed by atoms with van der Waals surface area (Å²) < 4.78 is 1.53. The average Bonchev–Trinajstić information content (AvgIpc) is 2.45. The van der Waals surface area contributed by atoms with Gasteiger partial charge in [0.15, 0.2) is 5.65 Å². The predicted molar refractivity (Wildman–Crippen MR) is 52.9 cm³/mol. The minimum atomic E-state index is 0.749. The van der Waals surface area contributed by atoms with Gasteiger partial charge in [0.25, 0.3) is 0 Å². The Bertz CT molecular complexity index is 447. The molecule has 68 valence electrons. The molecule has 0 aliphatic carbocycles. The summed E-state index contributed by atoms with van der Waals surface area (Å²) in [5, 5.41) is 0. The monoisotopic (exact) mass is 195 g/mol. The molecule has 2 rings (SSSR count). The third-order valence-corrected chi connectivity index (χ3v) is 2.43. The van der Waals surface area contributed by atoms with E-state index in [0.29, 0.717) is 0 Å². The lowest BCUT2D eigenvalue weighted by molar-refractivity contribution is 0.960. The summed E-state index contributed by atoms with van der Waals surface area (Å²) in [5.41, 5.74) is 2.76. The van der Waals surface area contributed by atoms with E-state index in [9.17, 15) is 0 Å². The Morgan fingerprint density at radius 1 is 1.54 bits per heavy atom. The predicted octanol–water partition coefficient (Wildman–Crippen LogP) is 2.30. The third kappa shape index (κ3) is 1.20. The number of hydrogen-bond donors (Lipinski definition) is 0. The minimum absolute atomic E-state index is 0.749. The fourth-order valence-corrected chi connectivity index (χ4v) is 1.61. The maximum absolute atomic E-state index is 6.02. The fraction of sp³-hybridized carbons (Fsp3) is 0.333. The van der Waals surface area contributed by atoms with Gasteiger partial charge in [-0.25, -0.2) is 14.1 Å².